The lowest BCUT2D eigenvalue weighted by Crippen LogP contribution is -2.49. The van der Waals surface area contributed by atoms with Gasteiger partial charge in [0, 0.05) is 5.02 Å². The molecule has 0 aromatic heterocycles. The van der Waals surface area contributed by atoms with E-state index >= 15 is 0 Å². The molecule has 2 rings (SSSR count). The van der Waals surface area contributed by atoms with Gasteiger partial charge < -0.3 is 9.47 Å². The summed E-state index contributed by atoms with van der Waals surface area (Å²) in [6, 6.07) is 14.1. The summed E-state index contributed by atoms with van der Waals surface area (Å²) in [4.78, 5) is 24.0. The fourth-order valence-electron chi connectivity index (χ4n) is 2.09. The lowest BCUT2D eigenvalue weighted by molar-refractivity contribution is -0.134. The van der Waals surface area contributed by atoms with Gasteiger partial charge in [0.2, 0.25) is 0 Å². The highest BCUT2D eigenvalue weighted by Gasteiger charge is 2.19. The van der Waals surface area contributed by atoms with E-state index in [9.17, 15) is 9.59 Å². The molecule has 2 amide bonds. The number of rotatable bonds is 7. The van der Waals surface area contributed by atoms with E-state index in [-0.39, 0.29) is 6.61 Å². The molecule has 0 spiro atoms. The van der Waals surface area contributed by atoms with E-state index in [0.717, 1.165) is 5.56 Å². The summed E-state index contributed by atoms with van der Waals surface area (Å²) in [5.41, 5.74) is 5.50. The van der Waals surface area contributed by atoms with Crippen molar-refractivity contribution in [2.24, 2.45) is 0 Å². The van der Waals surface area contributed by atoms with Crippen LogP contribution < -0.4 is 20.3 Å². The zero-order valence-electron chi connectivity index (χ0n) is 14.6. The number of carbonyl (C=O) groups is 2. The Morgan fingerprint density at radius 2 is 1.81 bits per heavy atom. The van der Waals surface area contributed by atoms with Crippen LogP contribution in [0.1, 0.15) is 18.9 Å². The highest BCUT2D eigenvalue weighted by Crippen LogP contribution is 2.20. The molecule has 0 radical (unpaired) electrons. The SMILES string of the molecule is CCC(Oc1ccccc1)C(=O)NNC(=O)COc1ccc(Cl)c(C)c1. The van der Waals surface area contributed by atoms with Gasteiger partial charge in [0.15, 0.2) is 12.7 Å². The molecule has 0 heterocycles. The fraction of sp³-hybridized carbons (Fsp3) is 0.263. The van der Waals surface area contributed by atoms with Crippen molar-refractivity contribution in [2.45, 2.75) is 26.4 Å². The van der Waals surface area contributed by atoms with Gasteiger partial charge in [-0.2, -0.15) is 0 Å². The number of hydrogen-bond donors (Lipinski definition) is 2. The molecule has 1 unspecified atom stereocenters. The summed E-state index contributed by atoms with van der Waals surface area (Å²) in [5.74, 6) is 0.182. The van der Waals surface area contributed by atoms with Crippen LogP contribution in [0.15, 0.2) is 48.5 Å². The van der Waals surface area contributed by atoms with Crippen LogP contribution in [0, 0.1) is 6.92 Å². The Hall–Kier alpha value is -2.73. The van der Waals surface area contributed by atoms with Gasteiger partial charge in [-0.1, -0.05) is 36.7 Å². The number of amides is 2. The molecular weight excluding hydrogens is 356 g/mol. The maximum Gasteiger partial charge on any atom is 0.279 e. The number of hydrogen-bond acceptors (Lipinski definition) is 4. The third-order valence-corrected chi connectivity index (χ3v) is 3.93. The van der Waals surface area contributed by atoms with Crippen LogP contribution in [0.4, 0.5) is 0 Å². The van der Waals surface area contributed by atoms with Crippen molar-refractivity contribution in [1.29, 1.82) is 0 Å². The first kappa shape index (κ1) is 19.6. The highest BCUT2D eigenvalue weighted by atomic mass is 35.5. The van der Waals surface area contributed by atoms with Crippen LogP contribution >= 0.6 is 11.6 Å². The summed E-state index contributed by atoms with van der Waals surface area (Å²) in [6.07, 6.45) is -0.255. The van der Waals surface area contributed by atoms with Gasteiger partial charge in [-0.15, -0.1) is 0 Å². The number of halogens is 1. The van der Waals surface area contributed by atoms with Crippen LogP contribution in [0.5, 0.6) is 11.5 Å². The topological polar surface area (TPSA) is 76.7 Å². The third kappa shape index (κ3) is 5.97. The van der Waals surface area contributed by atoms with Crippen molar-refractivity contribution in [3.8, 4) is 11.5 Å². The zero-order valence-corrected chi connectivity index (χ0v) is 15.4. The second kappa shape index (κ2) is 9.68. The number of aryl methyl sites for hydroxylation is 1. The average molecular weight is 377 g/mol. The number of nitrogens with one attached hydrogen (secondary N) is 2. The van der Waals surface area contributed by atoms with Gasteiger partial charge in [-0.05, 0) is 49.2 Å². The predicted molar refractivity (Wildman–Crippen MR) is 99.1 cm³/mol. The van der Waals surface area contributed by atoms with Gasteiger partial charge in [-0.3, -0.25) is 20.4 Å². The van der Waals surface area contributed by atoms with Crippen molar-refractivity contribution < 1.29 is 19.1 Å². The van der Waals surface area contributed by atoms with E-state index in [1.54, 1.807) is 30.3 Å². The maximum atomic E-state index is 12.1. The van der Waals surface area contributed by atoms with Crippen LogP contribution in [0.25, 0.3) is 0 Å². The number of carbonyl (C=O) groups excluding carboxylic acids is 2. The van der Waals surface area contributed by atoms with Crippen LogP contribution in [-0.2, 0) is 9.59 Å². The van der Waals surface area contributed by atoms with Gasteiger partial charge in [-0.25, -0.2) is 0 Å². The minimum Gasteiger partial charge on any atom is -0.484 e. The van der Waals surface area contributed by atoms with E-state index in [0.29, 0.717) is 22.9 Å². The number of hydrazine groups is 1. The van der Waals surface area contributed by atoms with Crippen molar-refractivity contribution in [3.63, 3.8) is 0 Å². The average Bonchev–Trinajstić information content (AvgIpc) is 2.66. The number of para-hydroxylation sites is 1. The molecule has 7 heteroatoms. The Bertz CT molecular complexity index is 752. The van der Waals surface area contributed by atoms with Crippen LogP contribution in [0.2, 0.25) is 5.02 Å². The minimum absolute atomic E-state index is 0.238. The van der Waals surface area contributed by atoms with Crippen molar-refractivity contribution in [2.75, 3.05) is 6.61 Å². The van der Waals surface area contributed by atoms with E-state index < -0.39 is 17.9 Å². The Morgan fingerprint density at radius 1 is 1.08 bits per heavy atom. The summed E-state index contributed by atoms with van der Waals surface area (Å²) >= 11 is 5.94. The molecule has 0 aliphatic carbocycles. The Kier molecular flexibility index (Phi) is 7.29. The molecule has 138 valence electrons. The van der Waals surface area contributed by atoms with E-state index in [1.165, 1.54) is 0 Å². The third-order valence-electron chi connectivity index (χ3n) is 3.51. The molecule has 0 saturated heterocycles. The van der Waals surface area contributed by atoms with Gasteiger partial charge in [0.05, 0.1) is 0 Å². The monoisotopic (exact) mass is 376 g/mol. The lowest BCUT2D eigenvalue weighted by Gasteiger charge is -2.17. The molecule has 0 aliphatic rings. The molecule has 26 heavy (non-hydrogen) atoms. The predicted octanol–water partition coefficient (Wildman–Crippen LogP) is 3.03. The first-order valence-electron chi connectivity index (χ1n) is 8.19. The molecule has 6 nitrogen and oxygen atoms in total. The minimum atomic E-state index is -0.711. The molecule has 1 atom stereocenters. The summed E-state index contributed by atoms with van der Waals surface area (Å²) in [5, 5.41) is 0.623. The number of benzene rings is 2. The first-order valence-corrected chi connectivity index (χ1v) is 8.56. The normalized spacial score (nSPS) is 11.3. The quantitative estimate of drug-likeness (QED) is 0.728. The summed E-state index contributed by atoms with van der Waals surface area (Å²) in [7, 11) is 0. The van der Waals surface area contributed by atoms with Gasteiger partial charge >= 0.3 is 0 Å². The zero-order chi connectivity index (χ0) is 18.9. The maximum absolute atomic E-state index is 12.1. The van der Waals surface area contributed by atoms with Gasteiger partial charge in [0.1, 0.15) is 11.5 Å². The Morgan fingerprint density at radius 3 is 2.46 bits per heavy atom. The molecule has 0 bridgehead atoms. The fourth-order valence-corrected chi connectivity index (χ4v) is 2.21. The van der Waals surface area contributed by atoms with E-state index in [2.05, 4.69) is 10.9 Å². The molecule has 0 aliphatic heterocycles. The summed E-state index contributed by atoms with van der Waals surface area (Å²) < 4.78 is 11.0. The highest BCUT2D eigenvalue weighted by molar-refractivity contribution is 6.31. The van der Waals surface area contributed by atoms with Crippen LogP contribution in [0.3, 0.4) is 0 Å². The summed E-state index contributed by atoms with van der Waals surface area (Å²) in [6.45, 7) is 3.42. The smallest absolute Gasteiger partial charge is 0.279 e. The van der Waals surface area contributed by atoms with Crippen molar-refractivity contribution in [1.82, 2.24) is 10.9 Å². The first-order chi connectivity index (χ1) is 12.5. The van der Waals surface area contributed by atoms with E-state index in [1.807, 2.05) is 32.0 Å². The molecule has 0 fully saturated rings. The van der Waals surface area contributed by atoms with Crippen molar-refractivity contribution >= 4 is 23.4 Å². The van der Waals surface area contributed by atoms with Crippen LogP contribution in [-0.4, -0.2) is 24.5 Å². The van der Waals surface area contributed by atoms with Gasteiger partial charge in [0.25, 0.3) is 11.8 Å². The standard InChI is InChI=1S/C19H21ClN2O4/c1-3-17(26-14-7-5-4-6-8-14)19(24)22-21-18(23)12-25-15-9-10-16(20)13(2)11-15/h4-11,17H,3,12H2,1-2H3,(H,21,23)(H,22,24). The molecule has 2 aromatic carbocycles. The molecular formula is C19H21ClN2O4. The second-order valence-electron chi connectivity index (χ2n) is 5.56. The lowest BCUT2D eigenvalue weighted by atomic mass is 10.2. The number of ether oxygens (including phenoxy) is 2. The Balaban J connectivity index is 1.77. The molecule has 0 saturated carbocycles. The molecule has 2 aromatic rings. The Labute approximate surface area is 157 Å². The second-order valence-corrected chi connectivity index (χ2v) is 5.97. The van der Waals surface area contributed by atoms with Crippen molar-refractivity contribution in [3.05, 3.63) is 59.1 Å². The molecule has 2 N–H and O–H groups in total. The largest absolute Gasteiger partial charge is 0.484 e. The van der Waals surface area contributed by atoms with E-state index in [4.69, 9.17) is 21.1 Å².